The van der Waals surface area contributed by atoms with Crippen LogP contribution >= 0.6 is 11.6 Å². The molecule has 0 fully saturated rings. The number of benzene rings is 2. The van der Waals surface area contributed by atoms with E-state index in [0.717, 1.165) is 6.07 Å². The Hall–Kier alpha value is -4.91. The highest BCUT2D eigenvalue weighted by molar-refractivity contribution is 6.31. The summed E-state index contributed by atoms with van der Waals surface area (Å²) in [6, 6.07) is 9.44. The molecule has 5 aromatic rings. The van der Waals surface area contributed by atoms with Crippen molar-refractivity contribution >= 4 is 46.1 Å². The Morgan fingerprint density at radius 2 is 1.77 bits per heavy atom. The molecule has 0 spiro atoms. The predicted molar refractivity (Wildman–Crippen MR) is 139 cm³/mol. The first-order chi connectivity index (χ1) is 18.7. The highest BCUT2D eigenvalue weighted by Gasteiger charge is 2.21. The van der Waals surface area contributed by atoms with Crippen LogP contribution in [0.5, 0.6) is 0 Å². The maximum Gasteiger partial charge on any atom is 0.412 e. The number of halogens is 4. The number of amides is 1. The second-order valence-electron chi connectivity index (χ2n) is 8.24. The van der Waals surface area contributed by atoms with Crippen molar-refractivity contribution in [2.24, 2.45) is 0 Å². The van der Waals surface area contributed by atoms with Crippen LogP contribution in [-0.4, -0.2) is 37.9 Å². The molecule has 0 aliphatic heterocycles. The molecule has 0 saturated carbocycles. The monoisotopic (exact) mass is 554 g/mol. The molecule has 1 amide bonds. The van der Waals surface area contributed by atoms with Gasteiger partial charge in [-0.15, -0.1) is 0 Å². The van der Waals surface area contributed by atoms with Gasteiger partial charge in [0.2, 0.25) is 0 Å². The van der Waals surface area contributed by atoms with Crippen LogP contribution in [-0.2, 0) is 11.2 Å². The number of aromatic nitrogens is 5. The fourth-order valence-corrected chi connectivity index (χ4v) is 4.15. The number of rotatable bonds is 5. The molecule has 5 N–H and O–H groups in total. The molecule has 2 aromatic carbocycles. The molecular formula is C25H18ClF3N8O2. The lowest BCUT2D eigenvalue weighted by Crippen LogP contribution is -2.12. The van der Waals surface area contributed by atoms with Crippen molar-refractivity contribution in [2.75, 3.05) is 23.9 Å². The molecule has 3 aromatic heterocycles. The quantitative estimate of drug-likeness (QED) is 0.260. The number of pyridine rings is 1. The Labute approximate surface area is 223 Å². The van der Waals surface area contributed by atoms with Crippen LogP contribution in [0.4, 0.5) is 35.4 Å². The van der Waals surface area contributed by atoms with Gasteiger partial charge in [0.25, 0.3) is 5.95 Å². The van der Waals surface area contributed by atoms with E-state index >= 15 is 0 Å². The Balaban J connectivity index is 1.57. The fraction of sp³-hybridized carbons (Fsp3) is 0.0800. The lowest BCUT2D eigenvalue weighted by atomic mass is 10.1. The highest BCUT2D eigenvalue weighted by Crippen LogP contribution is 2.32. The van der Waals surface area contributed by atoms with Crippen molar-refractivity contribution in [1.82, 2.24) is 24.7 Å². The van der Waals surface area contributed by atoms with Gasteiger partial charge in [-0.2, -0.15) is 19.7 Å². The lowest BCUT2D eigenvalue weighted by molar-refractivity contribution is 0.187. The molecule has 14 heteroatoms. The third kappa shape index (κ3) is 4.86. The van der Waals surface area contributed by atoms with E-state index in [1.807, 2.05) is 0 Å². The van der Waals surface area contributed by atoms with E-state index in [4.69, 9.17) is 23.1 Å². The predicted octanol–water partition coefficient (Wildman–Crippen LogP) is 4.88. The topological polar surface area (TPSA) is 147 Å². The number of nitrogen functional groups attached to an aromatic ring is 2. The first-order valence-corrected chi connectivity index (χ1v) is 11.6. The van der Waals surface area contributed by atoms with Gasteiger partial charge in [0.15, 0.2) is 11.6 Å². The molecule has 0 bridgehead atoms. The summed E-state index contributed by atoms with van der Waals surface area (Å²) < 4.78 is 48.4. The zero-order valence-corrected chi connectivity index (χ0v) is 20.8. The summed E-state index contributed by atoms with van der Waals surface area (Å²) >= 11 is 6.17. The first kappa shape index (κ1) is 25.7. The number of hydrogen-bond donors (Lipinski definition) is 3. The van der Waals surface area contributed by atoms with Crippen LogP contribution < -0.4 is 16.8 Å². The number of fused-ring (bicyclic) bond motifs is 1. The Bertz CT molecular complexity index is 1720. The number of nitrogens with two attached hydrogens (primary N) is 2. The van der Waals surface area contributed by atoms with Gasteiger partial charge >= 0.3 is 6.09 Å². The largest absolute Gasteiger partial charge is 0.453 e. The second-order valence-corrected chi connectivity index (χ2v) is 8.67. The average Bonchev–Trinajstić information content (AvgIpc) is 3.26. The summed E-state index contributed by atoms with van der Waals surface area (Å²) in [6.45, 7) is 0. The van der Waals surface area contributed by atoms with Gasteiger partial charge in [-0.3, -0.25) is 5.32 Å². The highest BCUT2D eigenvalue weighted by atomic mass is 35.5. The van der Waals surface area contributed by atoms with Crippen LogP contribution in [0.25, 0.3) is 28.0 Å². The standard InChI is InChI=1S/C25H18ClF3N8O2/c1-39-25(38)33-19-7-2-11(10-32-19)20-22(30)34-24(35-23(20)31)37-18-6-3-12(26)8-14(18)17(36-37)9-13-15(27)4-5-16(28)21(13)29/h2-8,10H,9H2,1H3,(H,32,33,38)(H4,30,31,34,35). The number of carbonyl (C=O) groups is 1. The molecule has 0 radical (unpaired) electrons. The second kappa shape index (κ2) is 10.1. The van der Waals surface area contributed by atoms with E-state index < -0.39 is 29.1 Å². The minimum absolute atomic E-state index is 0.00522. The third-order valence-corrected chi connectivity index (χ3v) is 6.05. The van der Waals surface area contributed by atoms with E-state index in [9.17, 15) is 18.0 Å². The van der Waals surface area contributed by atoms with E-state index in [1.165, 1.54) is 24.1 Å². The van der Waals surface area contributed by atoms with Crippen LogP contribution in [0.15, 0.2) is 48.7 Å². The molecule has 10 nitrogen and oxygen atoms in total. The maximum atomic E-state index is 14.4. The van der Waals surface area contributed by atoms with E-state index in [2.05, 4.69) is 30.1 Å². The van der Waals surface area contributed by atoms with Crippen LogP contribution in [0.2, 0.25) is 5.02 Å². The van der Waals surface area contributed by atoms with E-state index in [-0.39, 0.29) is 35.5 Å². The fourth-order valence-electron chi connectivity index (χ4n) is 3.98. The lowest BCUT2D eigenvalue weighted by Gasteiger charge is -2.11. The molecule has 0 aliphatic rings. The minimum atomic E-state index is -1.31. The van der Waals surface area contributed by atoms with Crippen LogP contribution in [0, 0.1) is 17.5 Å². The first-order valence-electron chi connectivity index (χ1n) is 11.2. The summed E-state index contributed by atoms with van der Waals surface area (Å²) in [5.41, 5.74) is 13.4. The Morgan fingerprint density at radius 3 is 2.44 bits per heavy atom. The maximum absolute atomic E-state index is 14.4. The number of ether oxygens (including phenoxy) is 1. The van der Waals surface area contributed by atoms with Crippen molar-refractivity contribution in [3.05, 3.63) is 82.4 Å². The number of anilines is 3. The van der Waals surface area contributed by atoms with Crippen molar-refractivity contribution < 1.29 is 22.7 Å². The molecule has 198 valence electrons. The number of nitrogens with one attached hydrogen (secondary N) is 1. The zero-order chi connectivity index (χ0) is 27.8. The summed E-state index contributed by atoms with van der Waals surface area (Å²) in [7, 11) is 1.22. The molecule has 39 heavy (non-hydrogen) atoms. The normalized spacial score (nSPS) is 11.1. The summed E-state index contributed by atoms with van der Waals surface area (Å²) in [6.07, 6.45) is 0.360. The van der Waals surface area contributed by atoms with Crippen LogP contribution in [0.1, 0.15) is 11.3 Å². The third-order valence-electron chi connectivity index (χ3n) is 5.81. The number of nitrogens with zero attached hydrogens (tertiary/aromatic N) is 5. The van der Waals surface area contributed by atoms with Crippen molar-refractivity contribution in [1.29, 1.82) is 0 Å². The Kier molecular flexibility index (Phi) is 6.66. The van der Waals surface area contributed by atoms with Gasteiger partial charge in [0, 0.05) is 34.2 Å². The van der Waals surface area contributed by atoms with Crippen molar-refractivity contribution in [3.63, 3.8) is 0 Å². The van der Waals surface area contributed by atoms with Crippen molar-refractivity contribution in [2.45, 2.75) is 6.42 Å². The number of methoxy groups -OCH3 is 1. The summed E-state index contributed by atoms with van der Waals surface area (Å²) in [4.78, 5) is 24.2. The van der Waals surface area contributed by atoms with Gasteiger partial charge in [0.1, 0.15) is 23.3 Å². The van der Waals surface area contributed by atoms with E-state index in [1.54, 1.807) is 24.3 Å². The Morgan fingerprint density at radius 1 is 1.05 bits per heavy atom. The molecule has 0 unspecified atom stereocenters. The van der Waals surface area contributed by atoms with Gasteiger partial charge < -0.3 is 16.2 Å². The summed E-state index contributed by atoms with van der Waals surface area (Å²) in [5.74, 6) is -3.21. The summed E-state index contributed by atoms with van der Waals surface area (Å²) in [5, 5.41) is 7.65. The van der Waals surface area contributed by atoms with Crippen LogP contribution in [0.3, 0.4) is 0 Å². The smallest absolute Gasteiger partial charge is 0.412 e. The van der Waals surface area contributed by atoms with Gasteiger partial charge in [-0.1, -0.05) is 11.6 Å². The SMILES string of the molecule is COC(=O)Nc1ccc(-c2c(N)nc(-n3nc(Cc4c(F)ccc(F)c4F)c4cc(Cl)ccc43)nc2N)cn1. The van der Waals surface area contributed by atoms with E-state index in [0.29, 0.717) is 33.1 Å². The molecule has 5 rings (SSSR count). The number of hydrogen-bond acceptors (Lipinski definition) is 8. The van der Waals surface area contributed by atoms with Gasteiger partial charge in [-0.25, -0.2) is 22.9 Å². The molecule has 3 heterocycles. The molecule has 0 aliphatic carbocycles. The molecular weight excluding hydrogens is 537 g/mol. The van der Waals surface area contributed by atoms with Crippen molar-refractivity contribution in [3.8, 4) is 17.1 Å². The number of carbonyl (C=O) groups excluding carboxylic acids is 1. The molecule has 0 saturated heterocycles. The van der Waals surface area contributed by atoms with Gasteiger partial charge in [-0.05, 0) is 42.5 Å². The zero-order valence-electron chi connectivity index (χ0n) is 20.0. The van der Waals surface area contributed by atoms with Gasteiger partial charge in [0.05, 0.1) is 23.9 Å². The molecule has 0 atom stereocenters. The average molecular weight is 555 g/mol. The minimum Gasteiger partial charge on any atom is -0.453 e.